The number of aliphatic hydroxyl groups excluding tert-OH is 1. The Morgan fingerprint density at radius 2 is 2.21 bits per heavy atom. The van der Waals surface area contributed by atoms with Crippen molar-refractivity contribution in [2.75, 3.05) is 25.1 Å². The number of aliphatic hydroxyl groups is 1. The maximum Gasteiger partial charge on any atom is 0.146 e. The maximum atomic E-state index is 14.2. The molecule has 0 bridgehead atoms. The molecule has 1 saturated heterocycles. The summed E-state index contributed by atoms with van der Waals surface area (Å²) in [5.74, 6) is -0.279. The first-order valence-corrected chi connectivity index (χ1v) is 6.73. The van der Waals surface area contributed by atoms with Crippen LogP contribution in [0.15, 0.2) is 18.2 Å². The van der Waals surface area contributed by atoms with Crippen LogP contribution in [-0.4, -0.2) is 30.9 Å². The zero-order valence-corrected chi connectivity index (χ0v) is 11.8. The third-order valence-corrected chi connectivity index (χ3v) is 3.94. The minimum absolute atomic E-state index is 0.253. The third-order valence-electron chi connectivity index (χ3n) is 3.94. The molecule has 1 fully saturated rings. The molecule has 2 atom stereocenters. The molecular weight excluding hydrogens is 245 g/mol. The molecule has 3 nitrogen and oxygen atoms in total. The highest BCUT2D eigenvalue weighted by molar-refractivity contribution is 5.56. The van der Waals surface area contributed by atoms with Gasteiger partial charge in [-0.05, 0) is 32.8 Å². The maximum absolute atomic E-state index is 14.2. The second-order valence-electron chi connectivity index (χ2n) is 5.53. The van der Waals surface area contributed by atoms with Crippen LogP contribution >= 0.6 is 0 Å². The van der Waals surface area contributed by atoms with E-state index < -0.39 is 6.10 Å². The van der Waals surface area contributed by atoms with Crippen LogP contribution < -0.4 is 4.90 Å². The number of para-hydroxylation sites is 1. The fourth-order valence-electron chi connectivity index (χ4n) is 2.77. The Bertz CT molecular complexity index is 450. The molecule has 1 aromatic rings. The zero-order chi connectivity index (χ0) is 14.0. The predicted octanol–water partition coefficient (Wildman–Crippen LogP) is 2.88. The topological polar surface area (TPSA) is 32.7 Å². The highest BCUT2D eigenvalue weighted by atomic mass is 19.1. The Labute approximate surface area is 114 Å². The molecule has 2 rings (SSSR count). The zero-order valence-electron chi connectivity index (χ0n) is 11.8. The average molecular weight is 267 g/mol. The molecule has 1 heterocycles. The Hall–Kier alpha value is -1.13. The summed E-state index contributed by atoms with van der Waals surface area (Å²) >= 11 is 0. The smallest absolute Gasteiger partial charge is 0.146 e. The normalized spacial score (nSPS) is 25.4. The molecule has 0 radical (unpaired) electrons. The standard InChI is InChI=1S/C15H22FNO2/c1-11(18)12-6-4-7-13(16)14(12)17-9-5-8-15(2,10-17)19-3/h4,6-7,11,18H,5,8-10H2,1-3H3/t11-,15?/m0/s1. The fraction of sp³-hybridized carbons (Fsp3) is 0.600. The fourth-order valence-corrected chi connectivity index (χ4v) is 2.77. The van der Waals surface area contributed by atoms with Crippen LogP contribution in [0.3, 0.4) is 0 Å². The van der Waals surface area contributed by atoms with Crippen molar-refractivity contribution < 1.29 is 14.2 Å². The van der Waals surface area contributed by atoms with Crippen LogP contribution in [0.4, 0.5) is 10.1 Å². The highest BCUT2D eigenvalue weighted by Crippen LogP contribution is 2.34. The molecule has 4 heteroatoms. The number of hydrogen-bond donors (Lipinski definition) is 1. The summed E-state index contributed by atoms with van der Waals surface area (Å²) in [4.78, 5) is 1.99. The lowest BCUT2D eigenvalue weighted by Crippen LogP contribution is -2.48. The first kappa shape index (κ1) is 14.3. The van der Waals surface area contributed by atoms with Crippen molar-refractivity contribution in [1.82, 2.24) is 0 Å². The lowest BCUT2D eigenvalue weighted by atomic mass is 9.93. The van der Waals surface area contributed by atoms with Gasteiger partial charge in [0.25, 0.3) is 0 Å². The van der Waals surface area contributed by atoms with Gasteiger partial charge in [0.2, 0.25) is 0 Å². The van der Waals surface area contributed by atoms with Crippen molar-refractivity contribution in [1.29, 1.82) is 0 Å². The molecule has 0 spiro atoms. The number of hydrogen-bond acceptors (Lipinski definition) is 3. The lowest BCUT2D eigenvalue weighted by Gasteiger charge is -2.41. The molecule has 106 valence electrons. The van der Waals surface area contributed by atoms with E-state index in [4.69, 9.17) is 4.74 Å². The van der Waals surface area contributed by atoms with Gasteiger partial charge in [0.15, 0.2) is 0 Å². The van der Waals surface area contributed by atoms with Crippen LogP contribution in [0.5, 0.6) is 0 Å². The van der Waals surface area contributed by atoms with Gasteiger partial charge in [0.1, 0.15) is 5.82 Å². The van der Waals surface area contributed by atoms with Gasteiger partial charge in [0, 0.05) is 25.8 Å². The number of nitrogens with zero attached hydrogens (tertiary/aromatic N) is 1. The van der Waals surface area contributed by atoms with E-state index in [0.29, 0.717) is 17.8 Å². The van der Waals surface area contributed by atoms with Crippen molar-refractivity contribution in [3.8, 4) is 0 Å². The first-order valence-electron chi connectivity index (χ1n) is 6.73. The van der Waals surface area contributed by atoms with Gasteiger partial charge in [-0.3, -0.25) is 0 Å². The number of ether oxygens (including phenoxy) is 1. The molecule has 1 N–H and O–H groups in total. The molecule has 0 aromatic heterocycles. The van der Waals surface area contributed by atoms with Gasteiger partial charge in [-0.1, -0.05) is 12.1 Å². The van der Waals surface area contributed by atoms with Gasteiger partial charge in [-0.2, -0.15) is 0 Å². The summed E-state index contributed by atoms with van der Waals surface area (Å²) in [5.41, 5.74) is 0.900. The Morgan fingerprint density at radius 1 is 1.47 bits per heavy atom. The molecule has 1 aliphatic heterocycles. The summed E-state index contributed by atoms with van der Waals surface area (Å²) in [7, 11) is 1.69. The number of methoxy groups -OCH3 is 1. The molecule has 0 amide bonds. The largest absolute Gasteiger partial charge is 0.389 e. The van der Waals surface area contributed by atoms with E-state index in [1.807, 2.05) is 11.8 Å². The van der Waals surface area contributed by atoms with Crippen molar-refractivity contribution in [3.05, 3.63) is 29.6 Å². The SMILES string of the molecule is COC1(C)CCCN(c2c(F)cccc2[C@H](C)O)C1. The number of rotatable bonds is 3. The monoisotopic (exact) mass is 267 g/mol. The second-order valence-corrected chi connectivity index (χ2v) is 5.53. The summed E-state index contributed by atoms with van der Waals surface area (Å²) in [6.07, 6.45) is 1.25. The van der Waals surface area contributed by atoms with Gasteiger partial charge in [-0.15, -0.1) is 0 Å². The van der Waals surface area contributed by atoms with Crippen LogP contribution in [0, 0.1) is 5.82 Å². The molecule has 1 unspecified atom stereocenters. The van der Waals surface area contributed by atoms with Gasteiger partial charge < -0.3 is 14.7 Å². The number of anilines is 1. The Morgan fingerprint density at radius 3 is 2.84 bits per heavy atom. The van der Waals surface area contributed by atoms with Crippen molar-refractivity contribution >= 4 is 5.69 Å². The summed E-state index contributed by atoms with van der Waals surface area (Å²) < 4.78 is 19.7. The minimum atomic E-state index is -0.679. The van der Waals surface area contributed by atoms with Crippen LogP contribution in [-0.2, 0) is 4.74 Å². The average Bonchev–Trinajstić information content (AvgIpc) is 2.38. The molecule has 1 aromatic carbocycles. The van der Waals surface area contributed by atoms with Gasteiger partial charge >= 0.3 is 0 Å². The summed E-state index contributed by atoms with van der Waals surface area (Å²) in [5, 5.41) is 9.82. The van der Waals surface area contributed by atoms with Crippen molar-refractivity contribution in [2.24, 2.45) is 0 Å². The number of benzene rings is 1. The third kappa shape index (κ3) is 2.90. The Kier molecular flexibility index (Phi) is 4.11. The lowest BCUT2D eigenvalue weighted by molar-refractivity contribution is -0.00488. The van der Waals surface area contributed by atoms with E-state index in [9.17, 15) is 9.50 Å². The second kappa shape index (κ2) is 5.47. The summed E-state index contributed by atoms with van der Waals surface area (Å²) in [6.45, 7) is 5.14. The van der Waals surface area contributed by atoms with Crippen molar-refractivity contribution in [2.45, 2.75) is 38.4 Å². The molecule has 19 heavy (non-hydrogen) atoms. The van der Waals surface area contributed by atoms with E-state index in [1.54, 1.807) is 26.2 Å². The molecule has 1 aliphatic rings. The quantitative estimate of drug-likeness (QED) is 0.914. The van der Waals surface area contributed by atoms with E-state index in [-0.39, 0.29) is 11.4 Å². The molecular formula is C15H22FNO2. The van der Waals surface area contributed by atoms with E-state index in [1.165, 1.54) is 6.07 Å². The van der Waals surface area contributed by atoms with E-state index in [0.717, 1.165) is 19.4 Å². The van der Waals surface area contributed by atoms with E-state index >= 15 is 0 Å². The minimum Gasteiger partial charge on any atom is -0.389 e. The number of halogens is 1. The summed E-state index contributed by atoms with van der Waals surface area (Å²) in [6, 6.07) is 4.86. The highest BCUT2D eigenvalue weighted by Gasteiger charge is 2.33. The van der Waals surface area contributed by atoms with Crippen LogP contribution in [0.1, 0.15) is 38.4 Å². The van der Waals surface area contributed by atoms with Gasteiger partial charge in [-0.25, -0.2) is 4.39 Å². The Balaban J connectivity index is 2.36. The van der Waals surface area contributed by atoms with Crippen LogP contribution in [0.2, 0.25) is 0 Å². The number of piperidine rings is 1. The van der Waals surface area contributed by atoms with E-state index in [2.05, 4.69) is 0 Å². The molecule has 0 saturated carbocycles. The predicted molar refractivity (Wildman–Crippen MR) is 73.9 cm³/mol. The first-order chi connectivity index (χ1) is 8.97. The van der Waals surface area contributed by atoms with Gasteiger partial charge in [0.05, 0.1) is 17.4 Å². The van der Waals surface area contributed by atoms with Crippen LogP contribution in [0.25, 0.3) is 0 Å². The molecule has 0 aliphatic carbocycles. The van der Waals surface area contributed by atoms with Crippen molar-refractivity contribution in [3.63, 3.8) is 0 Å².